The molecule has 1 aliphatic heterocycles. The monoisotopic (exact) mass is 425 g/mol. The van der Waals surface area contributed by atoms with E-state index in [1.165, 1.54) is 0 Å². The van der Waals surface area contributed by atoms with Gasteiger partial charge in [-0.15, -0.1) is 0 Å². The van der Waals surface area contributed by atoms with Gasteiger partial charge in [-0.2, -0.15) is 0 Å². The molecule has 0 spiro atoms. The summed E-state index contributed by atoms with van der Waals surface area (Å²) >= 11 is 0. The molecule has 2 amide bonds. The molecule has 0 aliphatic carbocycles. The third-order valence-corrected chi connectivity index (χ3v) is 4.86. The highest BCUT2D eigenvalue weighted by atomic mass is 16.6. The molecule has 0 fully saturated rings. The van der Waals surface area contributed by atoms with Crippen molar-refractivity contribution in [3.8, 4) is 23.0 Å². The van der Waals surface area contributed by atoms with Crippen molar-refractivity contribution < 1.29 is 28.5 Å². The first kappa shape index (κ1) is 20.4. The number of H-pyrrole nitrogens is 1. The number of carbonyl (C=O) groups excluding carboxylic acids is 2. The van der Waals surface area contributed by atoms with Gasteiger partial charge in [0.05, 0.1) is 19.7 Å². The van der Waals surface area contributed by atoms with Gasteiger partial charge in [0, 0.05) is 30.1 Å². The van der Waals surface area contributed by atoms with E-state index in [9.17, 15) is 9.59 Å². The summed E-state index contributed by atoms with van der Waals surface area (Å²) in [5.74, 6) is 1.94. The standard InChI is InChI=1S/C22H23N3O6/c1-28-16-5-6-18(29-2)21-14(16)12-15(25-21)22(27)23-8-7-20(26)24-13-3-4-17-19(11-13)31-10-9-30-17/h3-6,11-12,25H,7-10H2,1-2H3,(H,23,27)(H,24,26). The Balaban J connectivity index is 1.34. The number of hydrogen-bond donors (Lipinski definition) is 3. The third-order valence-electron chi connectivity index (χ3n) is 4.86. The normalized spacial score (nSPS) is 12.3. The van der Waals surface area contributed by atoms with Crippen LogP contribution in [0.2, 0.25) is 0 Å². The van der Waals surface area contributed by atoms with E-state index in [0.717, 1.165) is 5.39 Å². The maximum atomic E-state index is 12.5. The number of nitrogens with one attached hydrogen (secondary N) is 3. The molecule has 2 heterocycles. The second-order valence-electron chi connectivity index (χ2n) is 6.85. The van der Waals surface area contributed by atoms with Crippen molar-refractivity contribution in [1.29, 1.82) is 0 Å². The third kappa shape index (κ3) is 4.35. The molecule has 0 radical (unpaired) electrons. The highest BCUT2D eigenvalue weighted by Gasteiger charge is 2.16. The fourth-order valence-electron chi connectivity index (χ4n) is 3.37. The molecule has 0 unspecified atom stereocenters. The largest absolute Gasteiger partial charge is 0.496 e. The van der Waals surface area contributed by atoms with Gasteiger partial charge in [-0.05, 0) is 30.3 Å². The molecule has 1 aromatic heterocycles. The molecule has 0 bridgehead atoms. The number of fused-ring (bicyclic) bond motifs is 2. The van der Waals surface area contributed by atoms with E-state index in [2.05, 4.69) is 15.6 Å². The minimum absolute atomic E-state index is 0.118. The SMILES string of the molecule is COc1ccc(OC)c2[nH]c(C(=O)NCCC(=O)Nc3ccc4c(c3)OCCO4)cc12. The van der Waals surface area contributed by atoms with Crippen LogP contribution in [0.25, 0.3) is 10.9 Å². The molecule has 3 N–H and O–H groups in total. The maximum absolute atomic E-state index is 12.5. The molecule has 31 heavy (non-hydrogen) atoms. The number of carbonyl (C=O) groups is 2. The summed E-state index contributed by atoms with van der Waals surface area (Å²) in [6.07, 6.45) is 0.118. The van der Waals surface area contributed by atoms with Gasteiger partial charge in [0.15, 0.2) is 11.5 Å². The number of rotatable bonds is 7. The van der Waals surface area contributed by atoms with Crippen LogP contribution in [0.1, 0.15) is 16.9 Å². The van der Waals surface area contributed by atoms with Crippen molar-refractivity contribution in [2.24, 2.45) is 0 Å². The lowest BCUT2D eigenvalue weighted by Crippen LogP contribution is -2.27. The summed E-state index contributed by atoms with van der Waals surface area (Å²) in [4.78, 5) is 27.8. The Kier molecular flexibility index (Phi) is 5.83. The number of amides is 2. The maximum Gasteiger partial charge on any atom is 0.267 e. The molecule has 2 aromatic carbocycles. The van der Waals surface area contributed by atoms with E-state index in [0.29, 0.717) is 53.1 Å². The minimum Gasteiger partial charge on any atom is -0.496 e. The zero-order chi connectivity index (χ0) is 21.8. The zero-order valence-corrected chi connectivity index (χ0v) is 17.2. The number of hydrogen-bond acceptors (Lipinski definition) is 6. The molecule has 1 aliphatic rings. The highest BCUT2D eigenvalue weighted by Crippen LogP contribution is 2.34. The molecule has 0 saturated carbocycles. The van der Waals surface area contributed by atoms with Gasteiger partial charge in [-0.1, -0.05) is 0 Å². The van der Waals surface area contributed by atoms with Gasteiger partial charge in [0.2, 0.25) is 5.91 Å². The van der Waals surface area contributed by atoms with Crippen LogP contribution in [0.4, 0.5) is 5.69 Å². The summed E-state index contributed by atoms with van der Waals surface area (Å²) in [5.41, 5.74) is 1.63. The average molecular weight is 425 g/mol. The lowest BCUT2D eigenvalue weighted by molar-refractivity contribution is -0.116. The van der Waals surface area contributed by atoms with E-state index in [-0.39, 0.29) is 24.8 Å². The van der Waals surface area contributed by atoms with Crippen LogP contribution in [0.15, 0.2) is 36.4 Å². The number of anilines is 1. The van der Waals surface area contributed by atoms with E-state index >= 15 is 0 Å². The summed E-state index contributed by atoms with van der Waals surface area (Å²) in [7, 11) is 3.12. The Hall–Kier alpha value is -3.88. The van der Waals surface area contributed by atoms with Crippen LogP contribution in [-0.2, 0) is 4.79 Å². The molecular weight excluding hydrogens is 402 g/mol. The number of ether oxygens (including phenoxy) is 4. The van der Waals surface area contributed by atoms with Crippen molar-refractivity contribution in [2.45, 2.75) is 6.42 Å². The molecule has 0 saturated heterocycles. The first-order chi connectivity index (χ1) is 15.1. The summed E-state index contributed by atoms with van der Waals surface area (Å²) in [6.45, 7) is 1.16. The van der Waals surface area contributed by atoms with Gasteiger partial charge in [-0.3, -0.25) is 9.59 Å². The smallest absolute Gasteiger partial charge is 0.267 e. The van der Waals surface area contributed by atoms with Gasteiger partial charge in [0.1, 0.15) is 30.4 Å². The predicted molar refractivity (Wildman–Crippen MR) is 114 cm³/mol. The Bertz CT molecular complexity index is 1080. The second-order valence-corrected chi connectivity index (χ2v) is 6.85. The minimum atomic E-state index is -0.326. The fourth-order valence-corrected chi connectivity index (χ4v) is 3.37. The molecule has 4 rings (SSSR count). The Labute approximate surface area is 178 Å². The Morgan fingerprint density at radius 2 is 1.74 bits per heavy atom. The van der Waals surface area contributed by atoms with Crippen molar-refractivity contribution in [1.82, 2.24) is 10.3 Å². The van der Waals surface area contributed by atoms with Crippen LogP contribution >= 0.6 is 0 Å². The Morgan fingerprint density at radius 1 is 1.00 bits per heavy atom. The Morgan fingerprint density at radius 3 is 2.52 bits per heavy atom. The van der Waals surface area contributed by atoms with E-state index in [4.69, 9.17) is 18.9 Å². The van der Waals surface area contributed by atoms with Gasteiger partial charge in [-0.25, -0.2) is 0 Å². The average Bonchev–Trinajstić information content (AvgIpc) is 3.24. The molecule has 0 atom stereocenters. The summed E-state index contributed by atoms with van der Waals surface area (Å²) < 4.78 is 21.7. The van der Waals surface area contributed by atoms with Crippen LogP contribution < -0.4 is 29.6 Å². The quantitative estimate of drug-likeness (QED) is 0.537. The number of methoxy groups -OCH3 is 2. The lowest BCUT2D eigenvalue weighted by atomic mass is 10.2. The van der Waals surface area contributed by atoms with Crippen LogP contribution in [0, 0.1) is 0 Å². The van der Waals surface area contributed by atoms with Gasteiger partial charge < -0.3 is 34.6 Å². The van der Waals surface area contributed by atoms with Crippen LogP contribution in [0.3, 0.4) is 0 Å². The second kappa shape index (κ2) is 8.86. The molecule has 162 valence electrons. The van der Waals surface area contributed by atoms with Gasteiger partial charge in [0.25, 0.3) is 5.91 Å². The molecule has 9 nitrogen and oxygen atoms in total. The summed E-state index contributed by atoms with van der Waals surface area (Å²) in [6, 6.07) is 10.5. The number of aromatic amines is 1. The van der Waals surface area contributed by atoms with Crippen LogP contribution in [-0.4, -0.2) is 50.8 Å². The highest BCUT2D eigenvalue weighted by molar-refractivity contribution is 6.01. The molecule has 3 aromatic rings. The fraction of sp³-hybridized carbons (Fsp3) is 0.273. The summed E-state index contributed by atoms with van der Waals surface area (Å²) in [5, 5.41) is 6.27. The van der Waals surface area contributed by atoms with E-state index in [1.807, 2.05) is 0 Å². The van der Waals surface area contributed by atoms with Crippen molar-refractivity contribution in [3.63, 3.8) is 0 Å². The zero-order valence-electron chi connectivity index (χ0n) is 17.2. The van der Waals surface area contributed by atoms with E-state index in [1.54, 1.807) is 50.6 Å². The molecular formula is C22H23N3O6. The van der Waals surface area contributed by atoms with E-state index < -0.39 is 0 Å². The topological polar surface area (TPSA) is 111 Å². The van der Waals surface area contributed by atoms with Gasteiger partial charge >= 0.3 is 0 Å². The number of benzene rings is 2. The lowest BCUT2D eigenvalue weighted by Gasteiger charge is -2.19. The van der Waals surface area contributed by atoms with Crippen molar-refractivity contribution in [2.75, 3.05) is 39.3 Å². The van der Waals surface area contributed by atoms with Crippen molar-refractivity contribution in [3.05, 3.63) is 42.1 Å². The first-order valence-electron chi connectivity index (χ1n) is 9.80. The van der Waals surface area contributed by atoms with Crippen LogP contribution in [0.5, 0.6) is 23.0 Å². The first-order valence-corrected chi connectivity index (χ1v) is 9.80. The molecule has 9 heteroatoms. The van der Waals surface area contributed by atoms with Crippen molar-refractivity contribution >= 4 is 28.4 Å². The number of aromatic nitrogens is 1. The predicted octanol–water partition coefficient (Wildman–Crippen LogP) is 2.71.